The number of hydrogen-bond donors (Lipinski definition) is 1. The lowest BCUT2D eigenvalue weighted by molar-refractivity contribution is 0.0892. The van der Waals surface area contributed by atoms with Crippen molar-refractivity contribution in [3.63, 3.8) is 0 Å². The number of carbonyl (C=O) groups is 2. The molecule has 1 N–H and O–H groups in total. The van der Waals surface area contributed by atoms with Gasteiger partial charge in [0.25, 0.3) is 5.91 Å². The maximum Gasteiger partial charge on any atom is 0.252 e. The van der Waals surface area contributed by atoms with Crippen LogP contribution in [0, 0.1) is 5.41 Å². The minimum atomic E-state index is -0.333. The highest BCUT2D eigenvalue weighted by atomic mass is 16.2. The van der Waals surface area contributed by atoms with Crippen LogP contribution in [0.2, 0.25) is 0 Å². The lowest BCUT2D eigenvalue weighted by Gasteiger charge is -2.33. The van der Waals surface area contributed by atoms with E-state index in [4.69, 9.17) is 0 Å². The minimum Gasteiger partial charge on any atom is -0.347 e. The zero-order valence-electron chi connectivity index (χ0n) is 15.6. The molecule has 0 atom stereocenters. The average molecular weight is 335 g/mol. The summed E-state index contributed by atoms with van der Waals surface area (Å²) in [6.45, 7) is 10.6. The Morgan fingerprint density at radius 3 is 2.12 bits per heavy atom. The first-order valence-electron chi connectivity index (χ1n) is 8.69. The number of rotatable bonds is 3. The van der Waals surface area contributed by atoms with Gasteiger partial charge in [-0.15, -0.1) is 0 Å². The normalized spacial score (nSPS) is 13.4. The van der Waals surface area contributed by atoms with Crippen molar-refractivity contribution in [1.29, 1.82) is 0 Å². The Labute approximate surface area is 149 Å². The summed E-state index contributed by atoms with van der Waals surface area (Å²) >= 11 is 0. The first-order chi connectivity index (χ1) is 11.6. The van der Waals surface area contributed by atoms with Gasteiger partial charge < -0.3 is 5.32 Å². The maximum atomic E-state index is 13.0. The fourth-order valence-corrected chi connectivity index (χ4v) is 4.01. The fourth-order valence-electron chi connectivity index (χ4n) is 4.01. The first-order valence-corrected chi connectivity index (χ1v) is 8.69. The van der Waals surface area contributed by atoms with Crippen LogP contribution in [0.4, 0.5) is 0 Å². The monoisotopic (exact) mass is 335 g/mol. The van der Waals surface area contributed by atoms with E-state index < -0.39 is 0 Å². The molecule has 0 aromatic heterocycles. The second-order valence-corrected chi connectivity index (χ2v) is 8.68. The van der Waals surface area contributed by atoms with Gasteiger partial charge in [0.15, 0.2) is 5.78 Å². The summed E-state index contributed by atoms with van der Waals surface area (Å²) in [5.74, 6) is -0.134. The number of nitrogens with one attached hydrogen (secondary N) is 1. The lowest BCUT2D eigenvalue weighted by atomic mass is 9.81. The molecule has 0 heterocycles. The van der Waals surface area contributed by atoms with Crippen LogP contribution >= 0.6 is 0 Å². The molecule has 3 nitrogen and oxygen atoms in total. The van der Waals surface area contributed by atoms with Gasteiger partial charge in [0.2, 0.25) is 0 Å². The van der Waals surface area contributed by atoms with E-state index in [9.17, 15) is 9.59 Å². The number of fused-ring (bicyclic) bond motifs is 3. The molecule has 0 bridgehead atoms. The van der Waals surface area contributed by atoms with Crippen LogP contribution in [0.1, 0.15) is 67.3 Å². The van der Waals surface area contributed by atoms with Gasteiger partial charge in [-0.25, -0.2) is 0 Å². The number of amides is 1. The third-order valence-electron chi connectivity index (χ3n) is 4.42. The Morgan fingerprint density at radius 1 is 0.880 bits per heavy atom. The van der Waals surface area contributed by atoms with Crippen molar-refractivity contribution in [1.82, 2.24) is 5.32 Å². The quantitative estimate of drug-likeness (QED) is 0.744. The van der Waals surface area contributed by atoms with Gasteiger partial charge in [0.05, 0.1) is 0 Å². The van der Waals surface area contributed by atoms with Gasteiger partial charge in [-0.3, -0.25) is 9.59 Å². The SMILES string of the molecule is CC(C)(C)CC(C)(C)NC(=O)c1cccc2c1-c1ccccc1C2=O. The number of ketones is 1. The molecule has 1 aliphatic carbocycles. The number of benzene rings is 2. The van der Waals surface area contributed by atoms with Crippen LogP contribution in [0.25, 0.3) is 11.1 Å². The molecular formula is C22H25NO2. The van der Waals surface area contributed by atoms with Crippen molar-refractivity contribution < 1.29 is 9.59 Å². The summed E-state index contributed by atoms with van der Waals surface area (Å²) in [5, 5.41) is 3.15. The van der Waals surface area contributed by atoms with Gasteiger partial charge in [0, 0.05) is 27.8 Å². The Hall–Kier alpha value is -2.42. The smallest absolute Gasteiger partial charge is 0.252 e. The lowest BCUT2D eigenvalue weighted by Crippen LogP contribution is -2.46. The summed E-state index contributed by atoms with van der Waals surface area (Å²) in [5.41, 5.74) is 3.24. The van der Waals surface area contributed by atoms with Gasteiger partial charge in [-0.2, -0.15) is 0 Å². The van der Waals surface area contributed by atoms with Gasteiger partial charge >= 0.3 is 0 Å². The standard InChI is InChI=1S/C22H25NO2/c1-21(2,3)13-22(4,5)23-20(25)17-12-8-11-16-18(17)14-9-6-7-10-15(14)19(16)24/h6-12H,13H2,1-5H3,(H,23,25). The molecule has 0 saturated heterocycles. The highest BCUT2D eigenvalue weighted by Crippen LogP contribution is 2.39. The summed E-state index contributed by atoms with van der Waals surface area (Å²) in [6.07, 6.45) is 0.857. The fraction of sp³-hybridized carbons (Fsp3) is 0.364. The van der Waals surface area contributed by atoms with Gasteiger partial charge in [-0.05, 0) is 37.3 Å². The largest absolute Gasteiger partial charge is 0.347 e. The van der Waals surface area contributed by atoms with E-state index in [1.54, 1.807) is 18.2 Å². The molecule has 0 unspecified atom stereocenters. The minimum absolute atomic E-state index is 0.00537. The van der Waals surface area contributed by atoms with Crippen LogP contribution < -0.4 is 5.32 Å². The zero-order valence-corrected chi connectivity index (χ0v) is 15.6. The molecule has 130 valence electrons. The maximum absolute atomic E-state index is 13.0. The predicted octanol–water partition coefficient (Wildman–Crippen LogP) is 4.84. The van der Waals surface area contributed by atoms with Gasteiger partial charge in [0.1, 0.15) is 0 Å². The van der Waals surface area contributed by atoms with E-state index in [0.717, 1.165) is 17.5 Å². The molecule has 3 rings (SSSR count). The molecule has 3 heteroatoms. The van der Waals surface area contributed by atoms with Crippen LogP contribution in [-0.2, 0) is 0 Å². The molecule has 0 aliphatic heterocycles. The van der Waals surface area contributed by atoms with Gasteiger partial charge in [-0.1, -0.05) is 57.2 Å². The van der Waals surface area contributed by atoms with Crippen molar-refractivity contribution >= 4 is 11.7 Å². The van der Waals surface area contributed by atoms with Crippen molar-refractivity contribution in [3.8, 4) is 11.1 Å². The van der Waals surface area contributed by atoms with E-state index in [0.29, 0.717) is 16.7 Å². The topological polar surface area (TPSA) is 46.2 Å². The van der Waals surface area contributed by atoms with Crippen molar-refractivity contribution in [2.75, 3.05) is 0 Å². The molecule has 2 aromatic carbocycles. The second-order valence-electron chi connectivity index (χ2n) is 8.68. The highest BCUT2D eigenvalue weighted by Gasteiger charge is 2.32. The van der Waals surface area contributed by atoms with E-state index in [1.165, 1.54) is 0 Å². The average Bonchev–Trinajstić information content (AvgIpc) is 2.78. The zero-order chi connectivity index (χ0) is 18.4. The molecular weight excluding hydrogens is 310 g/mol. The molecule has 0 radical (unpaired) electrons. The van der Waals surface area contributed by atoms with E-state index in [1.807, 2.05) is 38.1 Å². The molecule has 25 heavy (non-hydrogen) atoms. The second kappa shape index (κ2) is 5.83. The molecule has 0 fully saturated rings. The number of hydrogen-bond acceptors (Lipinski definition) is 2. The molecule has 1 amide bonds. The van der Waals surface area contributed by atoms with Crippen LogP contribution in [0.15, 0.2) is 42.5 Å². The predicted molar refractivity (Wildman–Crippen MR) is 101 cm³/mol. The Bertz CT molecular complexity index is 857. The van der Waals surface area contributed by atoms with Crippen molar-refractivity contribution in [3.05, 3.63) is 59.2 Å². The van der Waals surface area contributed by atoms with Crippen molar-refractivity contribution in [2.24, 2.45) is 5.41 Å². The van der Waals surface area contributed by atoms with E-state index in [-0.39, 0.29) is 22.6 Å². The van der Waals surface area contributed by atoms with E-state index >= 15 is 0 Å². The molecule has 0 saturated carbocycles. The summed E-state index contributed by atoms with van der Waals surface area (Å²) in [7, 11) is 0. The first kappa shape index (κ1) is 17.4. The molecule has 2 aromatic rings. The third-order valence-corrected chi connectivity index (χ3v) is 4.42. The Kier molecular flexibility index (Phi) is 4.06. The Balaban J connectivity index is 1.99. The highest BCUT2D eigenvalue weighted by molar-refractivity contribution is 6.24. The van der Waals surface area contributed by atoms with Crippen LogP contribution in [0.3, 0.4) is 0 Å². The van der Waals surface area contributed by atoms with E-state index in [2.05, 4.69) is 26.1 Å². The molecule has 0 spiro atoms. The summed E-state index contributed by atoms with van der Waals surface area (Å²) in [6, 6.07) is 12.9. The van der Waals surface area contributed by atoms with Crippen LogP contribution in [0.5, 0.6) is 0 Å². The molecule has 1 aliphatic rings. The summed E-state index contributed by atoms with van der Waals surface area (Å²) in [4.78, 5) is 25.6. The Morgan fingerprint density at radius 2 is 1.48 bits per heavy atom. The third kappa shape index (κ3) is 3.37. The number of carbonyl (C=O) groups excluding carboxylic acids is 2. The van der Waals surface area contributed by atoms with Crippen molar-refractivity contribution in [2.45, 2.75) is 46.6 Å². The summed E-state index contributed by atoms with van der Waals surface area (Å²) < 4.78 is 0. The van der Waals surface area contributed by atoms with Crippen LogP contribution in [-0.4, -0.2) is 17.2 Å².